The largest absolute Gasteiger partial charge is 0.494 e. The smallest absolute Gasteiger partial charge is 0.343 e. The van der Waals surface area contributed by atoms with E-state index < -0.39 is 5.97 Å². The van der Waals surface area contributed by atoms with Gasteiger partial charge in [0, 0.05) is 4.47 Å². The molecule has 3 rings (SSSR count). The highest BCUT2D eigenvalue weighted by atomic mass is 79.9. The molecule has 38 heavy (non-hydrogen) atoms. The average molecular weight is 582 g/mol. The summed E-state index contributed by atoms with van der Waals surface area (Å²) in [6.45, 7) is 8.72. The number of hydrogen-bond acceptors (Lipinski definition) is 6. The van der Waals surface area contributed by atoms with Gasteiger partial charge >= 0.3 is 5.97 Å². The molecular weight excluding hydrogens is 548 g/mol. The predicted molar refractivity (Wildman–Crippen MR) is 152 cm³/mol. The number of carbonyl (C=O) groups excluding carboxylic acids is 2. The minimum atomic E-state index is -0.458. The minimum Gasteiger partial charge on any atom is -0.494 e. The molecule has 0 saturated carbocycles. The number of amides is 1. The molecule has 3 aromatic carbocycles. The van der Waals surface area contributed by atoms with Gasteiger partial charge in [0.25, 0.3) is 5.91 Å². The minimum absolute atomic E-state index is 0.154. The van der Waals surface area contributed by atoms with E-state index in [0.717, 1.165) is 39.8 Å². The third kappa shape index (κ3) is 8.73. The van der Waals surface area contributed by atoms with Crippen LogP contribution in [0.5, 0.6) is 17.2 Å². The van der Waals surface area contributed by atoms with E-state index in [1.54, 1.807) is 48.5 Å². The highest BCUT2D eigenvalue weighted by Crippen LogP contribution is 2.32. The van der Waals surface area contributed by atoms with E-state index in [9.17, 15) is 9.59 Å². The zero-order valence-electron chi connectivity index (χ0n) is 22.1. The number of carbonyl (C=O) groups is 2. The zero-order chi connectivity index (χ0) is 27.5. The number of ether oxygens (including phenoxy) is 3. The summed E-state index contributed by atoms with van der Waals surface area (Å²) in [4.78, 5) is 24.6. The summed E-state index contributed by atoms with van der Waals surface area (Å²) in [5.74, 6) is 1.23. The van der Waals surface area contributed by atoms with Crippen molar-refractivity contribution in [2.45, 2.75) is 46.5 Å². The van der Waals surface area contributed by atoms with Crippen LogP contribution in [0.2, 0.25) is 0 Å². The molecule has 0 heterocycles. The van der Waals surface area contributed by atoms with Gasteiger partial charge in [-0.15, -0.1) is 0 Å². The lowest BCUT2D eigenvalue weighted by atomic mass is 10.0. The summed E-state index contributed by atoms with van der Waals surface area (Å²) in [5.41, 5.74) is 5.68. The molecule has 0 fully saturated rings. The van der Waals surface area contributed by atoms with Crippen LogP contribution in [0, 0.1) is 6.92 Å². The van der Waals surface area contributed by atoms with Gasteiger partial charge < -0.3 is 14.2 Å². The van der Waals surface area contributed by atoms with Gasteiger partial charge in [0.15, 0.2) is 6.61 Å². The molecule has 0 radical (unpaired) electrons. The van der Waals surface area contributed by atoms with E-state index in [2.05, 4.69) is 47.2 Å². The van der Waals surface area contributed by atoms with Crippen LogP contribution in [-0.4, -0.2) is 31.3 Å². The van der Waals surface area contributed by atoms with Crippen LogP contribution in [0.4, 0.5) is 0 Å². The van der Waals surface area contributed by atoms with Crippen molar-refractivity contribution in [1.82, 2.24) is 5.43 Å². The quantitative estimate of drug-likeness (QED) is 0.0836. The molecule has 0 aliphatic rings. The second kappa shape index (κ2) is 14.3. The number of nitrogens with one attached hydrogen (secondary N) is 1. The maximum Gasteiger partial charge on any atom is 0.343 e. The topological polar surface area (TPSA) is 86.2 Å². The Morgan fingerprint density at radius 2 is 1.68 bits per heavy atom. The number of hydrogen-bond donors (Lipinski definition) is 1. The fraction of sp³-hybridized carbons (Fsp3) is 0.300. The third-order valence-electron chi connectivity index (χ3n) is 5.62. The van der Waals surface area contributed by atoms with Gasteiger partial charge in [0.1, 0.15) is 17.2 Å². The lowest BCUT2D eigenvalue weighted by Gasteiger charge is -2.15. The number of benzene rings is 3. The Bertz CT molecular complexity index is 1250. The molecule has 0 aliphatic heterocycles. The molecular formula is C30H33BrN2O5. The summed E-state index contributed by atoms with van der Waals surface area (Å²) in [6.07, 6.45) is 3.55. The van der Waals surface area contributed by atoms with Crippen LogP contribution < -0.4 is 19.6 Å². The van der Waals surface area contributed by atoms with Gasteiger partial charge in [-0.3, -0.25) is 4.79 Å². The normalized spacial score (nSPS) is 11.0. The molecule has 0 unspecified atom stereocenters. The molecule has 7 nitrogen and oxygen atoms in total. The molecule has 0 saturated heterocycles. The van der Waals surface area contributed by atoms with Crippen LogP contribution >= 0.6 is 15.9 Å². The van der Waals surface area contributed by atoms with Gasteiger partial charge in [-0.25, -0.2) is 10.2 Å². The molecule has 3 aromatic rings. The molecule has 8 heteroatoms. The van der Waals surface area contributed by atoms with E-state index in [4.69, 9.17) is 14.2 Å². The summed E-state index contributed by atoms with van der Waals surface area (Å²) in [5, 5.41) is 3.98. The predicted octanol–water partition coefficient (Wildman–Crippen LogP) is 6.81. The van der Waals surface area contributed by atoms with Crippen molar-refractivity contribution in [1.29, 1.82) is 0 Å². The summed E-state index contributed by atoms with van der Waals surface area (Å²) < 4.78 is 17.8. The van der Waals surface area contributed by atoms with Crippen molar-refractivity contribution in [3.05, 3.63) is 87.4 Å². The second-order valence-corrected chi connectivity index (χ2v) is 9.92. The Kier molecular flexibility index (Phi) is 10.9. The van der Waals surface area contributed by atoms with Crippen molar-refractivity contribution in [2.24, 2.45) is 5.10 Å². The van der Waals surface area contributed by atoms with E-state index in [-0.39, 0.29) is 18.4 Å². The Balaban J connectivity index is 1.47. The second-order valence-electron chi connectivity index (χ2n) is 9.06. The molecule has 200 valence electrons. The number of unbranched alkanes of at least 4 members (excludes halogenated alkanes) is 1. The number of halogens is 1. The lowest BCUT2D eigenvalue weighted by molar-refractivity contribution is -0.123. The van der Waals surface area contributed by atoms with Gasteiger partial charge in [-0.05, 0) is 96.6 Å². The number of nitrogens with zero attached hydrogens (tertiary/aromatic N) is 1. The molecule has 0 aliphatic carbocycles. The van der Waals surface area contributed by atoms with Crippen LogP contribution in [0.1, 0.15) is 66.6 Å². The van der Waals surface area contributed by atoms with Gasteiger partial charge in [-0.2, -0.15) is 5.10 Å². The van der Waals surface area contributed by atoms with Crippen molar-refractivity contribution in [3.8, 4) is 17.2 Å². The average Bonchev–Trinajstić information content (AvgIpc) is 2.90. The van der Waals surface area contributed by atoms with Crippen LogP contribution in [-0.2, 0) is 4.79 Å². The maximum absolute atomic E-state index is 12.4. The standard InChI is InChI=1S/C30H33BrN2O5/c1-5-6-15-36-24-13-9-23(10-14-24)30(35)38-25-11-7-22(8-12-25)18-32-33-29(34)19-37-28-16-21(4)27(31)17-26(28)20(2)3/h7-14,16-18,20H,5-6,15,19H2,1-4H3,(H,33,34). The monoisotopic (exact) mass is 580 g/mol. The highest BCUT2D eigenvalue weighted by Gasteiger charge is 2.13. The number of aryl methyl sites for hydroxylation is 1. The highest BCUT2D eigenvalue weighted by molar-refractivity contribution is 9.10. The van der Waals surface area contributed by atoms with Crippen molar-refractivity contribution in [3.63, 3.8) is 0 Å². The first-order chi connectivity index (χ1) is 18.3. The van der Waals surface area contributed by atoms with Crippen LogP contribution in [0.3, 0.4) is 0 Å². The van der Waals surface area contributed by atoms with E-state index in [0.29, 0.717) is 23.7 Å². The number of esters is 1. The maximum atomic E-state index is 12.4. The Morgan fingerprint density at radius 1 is 1.00 bits per heavy atom. The molecule has 0 bridgehead atoms. The van der Waals surface area contributed by atoms with Crippen molar-refractivity contribution < 1.29 is 23.8 Å². The fourth-order valence-electron chi connectivity index (χ4n) is 3.41. The van der Waals surface area contributed by atoms with Crippen molar-refractivity contribution >= 4 is 34.0 Å². The first-order valence-corrected chi connectivity index (χ1v) is 13.4. The Morgan fingerprint density at radius 3 is 2.34 bits per heavy atom. The summed E-state index contributed by atoms with van der Waals surface area (Å²) in [6, 6.07) is 17.6. The van der Waals surface area contributed by atoms with Gasteiger partial charge in [-0.1, -0.05) is 43.1 Å². The fourth-order valence-corrected chi connectivity index (χ4v) is 3.77. The van der Waals surface area contributed by atoms with Crippen molar-refractivity contribution in [2.75, 3.05) is 13.2 Å². The van der Waals surface area contributed by atoms with Crippen LogP contribution in [0.15, 0.2) is 70.2 Å². The number of hydrazone groups is 1. The molecule has 0 spiro atoms. The third-order valence-corrected chi connectivity index (χ3v) is 6.48. The van der Waals surface area contributed by atoms with E-state index >= 15 is 0 Å². The molecule has 1 N–H and O–H groups in total. The van der Waals surface area contributed by atoms with E-state index in [1.165, 1.54) is 6.21 Å². The first-order valence-electron chi connectivity index (χ1n) is 12.6. The first kappa shape index (κ1) is 28.9. The zero-order valence-corrected chi connectivity index (χ0v) is 23.7. The molecule has 1 amide bonds. The van der Waals surface area contributed by atoms with Crippen LogP contribution in [0.25, 0.3) is 0 Å². The summed E-state index contributed by atoms with van der Waals surface area (Å²) >= 11 is 3.54. The number of rotatable bonds is 12. The van der Waals surface area contributed by atoms with Gasteiger partial charge in [0.05, 0.1) is 18.4 Å². The lowest BCUT2D eigenvalue weighted by Crippen LogP contribution is -2.25. The Labute approximate surface area is 232 Å². The van der Waals surface area contributed by atoms with E-state index in [1.807, 2.05) is 19.1 Å². The molecule has 0 atom stereocenters. The summed E-state index contributed by atoms with van der Waals surface area (Å²) in [7, 11) is 0. The molecule has 0 aromatic heterocycles. The SMILES string of the molecule is CCCCOc1ccc(C(=O)Oc2ccc(C=NNC(=O)COc3cc(C)c(Br)cc3C(C)C)cc2)cc1. The van der Waals surface area contributed by atoms with Gasteiger partial charge in [0.2, 0.25) is 0 Å². The Hall–Kier alpha value is -3.65.